The average molecular weight is 190 g/mol. The van der Waals surface area contributed by atoms with E-state index >= 15 is 0 Å². The van der Waals surface area contributed by atoms with Gasteiger partial charge in [0, 0.05) is 31.2 Å². The number of ether oxygens (including phenoxy) is 1. The zero-order valence-corrected chi connectivity index (χ0v) is 8.45. The molecule has 3 nitrogen and oxygen atoms in total. The van der Waals surface area contributed by atoms with Crippen LogP contribution in [0.25, 0.3) is 10.9 Å². The van der Waals surface area contributed by atoms with Gasteiger partial charge in [-0.05, 0) is 17.7 Å². The molecule has 0 saturated carbocycles. The third-order valence-electron chi connectivity index (χ3n) is 2.50. The smallest absolute Gasteiger partial charge is 0.120 e. The van der Waals surface area contributed by atoms with Gasteiger partial charge in [-0.3, -0.25) is 0 Å². The van der Waals surface area contributed by atoms with Crippen molar-refractivity contribution in [1.82, 2.24) is 4.57 Å². The Hall–Kier alpha value is -1.48. The molecular formula is C11H14N2O. The maximum absolute atomic E-state index is 5.66. The Morgan fingerprint density at radius 3 is 2.86 bits per heavy atom. The Labute approximate surface area is 83.1 Å². The predicted octanol–water partition coefficient (Wildman–Crippen LogP) is 1.65. The van der Waals surface area contributed by atoms with Gasteiger partial charge in [-0.15, -0.1) is 0 Å². The Morgan fingerprint density at radius 2 is 2.21 bits per heavy atom. The number of aryl methyl sites for hydroxylation is 1. The standard InChI is InChI=1S/C11H14N2O/c1-13-7-8(6-12)10-4-3-9(14-2)5-11(10)13/h3-5,7H,6,12H2,1-2H3. The summed E-state index contributed by atoms with van der Waals surface area (Å²) in [6, 6.07) is 6.03. The second-order valence-corrected chi connectivity index (χ2v) is 3.35. The minimum atomic E-state index is 0.573. The lowest BCUT2D eigenvalue weighted by Gasteiger charge is -2.01. The van der Waals surface area contributed by atoms with E-state index in [1.54, 1.807) is 7.11 Å². The number of nitrogens with zero attached hydrogens (tertiary/aromatic N) is 1. The summed E-state index contributed by atoms with van der Waals surface area (Å²) in [6.07, 6.45) is 2.06. The van der Waals surface area contributed by atoms with Crippen molar-refractivity contribution in [3.8, 4) is 5.75 Å². The number of aromatic nitrogens is 1. The molecule has 2 aromatic rings. The van der Waals surface area contributed by atoms with Crippen molar-refractivity contribution >= 4 is 10.9 Å². The lowest BCUT2D eigenvalue weighted by Crippen LogP contribution is -1.94. The van der Waals surface area contributed by atoms with Gasteiger partial charge in [0.15, 0.2) is 0 Å². The molecule has 0 radical (unpaired) electrons. The number of nitrogens with two attached hydrogens (primary N) is 1. The van der Waals surface area contributed by atoms with Crippen LogP contribution in [0.2, 0.25) is 0 Å². The van der Waals surface area contributed by atoms with Gasteiger partial charge in [-0.2, -0.15) is 0 Å². The van der Waals surface area contributed by atoms with Crippen molar-refractivity contribution in [3.05, 3.63) is 30.0 Å². The molecule has 74 valence electrons. The molecule has 0 fully saturated rings. The topological polar surface area (TPSA) is 40.2 Å². The van der Waals surface area contributed by atoms with Gasteiger partial charge in [0.1, 0.15) is 5.75 Å². The number of fused-ring (bicyclic) bond motifs is 1. The molecule has 2 N–H and O–H groups in total. The molecule has 0 unspecified atom stereocenters. The Balaban J connectivity index is 2.70. The molecule has 3 heteroatoms. The molecule has 0 saturated heterocycles. The van der Waals surface area contributed by atoms with E-state index in [2.05, 4.69) is 16.8 Å². The zero-order chi connectivity index (χ0) is 10.1. The highest BCUT2D eigenvalue weighted by Gasteiger charge is 2.05. The van der Waals surface area contributed by atoms with Crippen LogP contribution < -0.4 is 10.5 Å². The SMILES string of the molecule is COc1ccc2c(CN)cn(C)c2c1. The van der Waals surface area contributed by atoms with Gasteiger partial charge < -0.3 is 15.0 Å². The van der Waals surface area contributed by atoms with Crippen LogP contribution in [0.3, 0.4) is 0 Å². The number of methoxy groups -OCH3 is 1. The first-order chi connectivity index (χ1) is 6.76. The molecule has 1 heterocycles. The Kier molecular flexibility index (Phi) is 2.17. The molecule has 0 atom stereocenters. The molecule has 0 aliphatic rings. The van der Waals surface area contributed by atoms with Crippen LogP contribution in [-0.4, -0.2) is 11.7 Å². The maximum Gasteiger partial charge on any atom is 0.120 e. The average Bonchev–Trinajstić information content (AvgIpc) is 2.55. The molecule has 1 aromatic carbocycles. The summed E-state index contributed by atoms with van der Waals surface area (Å²) in [5, 5.41) is 1.20. The summed E-state index contributed by atoms with van der Waals surface area (Å²) in [7, 11) is 3.69. The largest absolute Gasteiger partial charge is 0.497 e. The van der Waals surface area contributed by atoms with E-state index in [-0.39, 0.29) is 0 Å². The number of hydrogen-bond donors (Lipinski definition) is 1. The fraction of sp³-hybridized carbons (Fsp3) is 0.273. The van der Waals surface area contributed by atoms with Gasteiger partial charge in [0.2, 0.25) is 0 Å². The fourth-order valence-corrected chi connectivity index (χ4v) is 1.74. The van der Waals surface area contributed by atoms with Crippen LogP contribution in [0.4, 0.5) is 0 Å². The van der Waals surface area contributed by atoms with Crippen molar-refractivity contribution in [2.45, 2.75) is 6.54 Å². The van der Waals surface area contributed by atoms with Crippen LogP contribution in [0.5, 0.6) is 5.75 Å². The molecule has 0 amide bonds. The van der Waals surface area contributed by atoms with Crippen molar-refractivity contribution < 1.29 is 4.74 Å². The van der Waals surface area contributed by atoms with E-state index in [9.17, 15) is 0 Å². The van der Waals surface area contributed by atoms with Gasteiger partial charge >= 0.3 is 0 Å². The molecular weight excluding hydrogens is 176 g/mol. The van der Waals surface area contributed by atoms with Crippen LogP contribution >= 0.6 is 0 Å². The van der Waals surface area contributed by atoms with Crippen molar-refractivity contribution in [2.75, 3.05) is 7.11 Å². The highest BCUT2D eigenvalue weighted by molar-refractivity contribution is 5.85. The fourth-order valence-electron chi connectivity index (χ4n) is 1.74. The Morgan fingerprint density at radius 1 is 1.43 bits per heavy atom. The summed E-state index contributed by atoms with van der Waals surface area (Å²) >= 11 is 0. The quantitative estimate of drug-likeness (QED) is 0.782. The molecule has 1 aromatic heterocycles. The monoisotopic (exact) mass is 190 g/mol. The number of rotatable bonds is 2. The zero-order valence-electron chi connectivity index (χ0n) is 8.45. The van der Waals surface area contributed by atoms with E-state index in [4.69, 9.17) is 10.5 Å². The lowest BCUT2D eigenvalue weighted by molar-refractivity contribution is 0.415. The second-order valence-electron chi connectivity index (χ2n) is 3.35. The van der Waals surface area contributed by atoms with E-state index in [0.29, 0.717) is 6.54 Å². The summed E-state index contributed by atoms with van der Waals surface area (Å²) in [5.41, 5.74) is 7.98. The predicted molar refractivity (Wildman–Crippen MR) is 57.4 cm³/mol. The van der Waals surface area contributed by atoms with Crippen molar-refractivity contribution in [2.24, 2.45) is 12.8 Å². The first-order valence-corrected chi connectivity index (χ1v) is 4.58. The molecule has 14 heavy (non-hydrogen) atoms. The third kappa shape index (κ3) is 1.26. The minimum absolute atomic E-state index is 0.573. The highest BCUT2D eigenvalue weighted by atomic mass is 16.5. The maximum atomic E-state index is 5.66. The van der Waals surface area contributed by atoms with Crippen LogP contribution in [0, 0.1) is 0 Å². The van der Waals surface area contributed by atoms with Gasteiger partial charge in [-0.1, -0.05) is 0 Å². The van der Waals surface area contributed by atoms with E-state index in [1.165, 1.54) is 10.9 Å². The van der Waals surface area contributed by atoms with Crippen LogP contribution in [0.1, 0.15) is 5.56 Å². The lowest BCUT2D eigenvalue weighted by atomic mass is 10.2. The first kappa shape index (κ1) is 9.09. The minimum Gasteiger partial charge on any atom is -0.497 e. The molecule has 0 bridgehead atoms. The van der Waals surface area contributed by atoms with E-state index in [0.717, 1.165) is 11.3 Å². The molecule has 0 spiro atoms. The van der Waals surface area contributed by atoms with Crippen molar-refractivity contribution in [1.29, 1.82) is 0 Å². The molecule has 0 aliphatic carbocycles. The summed E-state index contributed by atoms with van der Waals surface area (Å²) < 4.78 is 7.25. The second kappa shape index (κ2) is 3.35. The van der Waals surface area contributed by atoms with E-state index in [1.807, 2.05) is 19.2 Å². The molecule has 2 rings (SSSR count). The van der Waals surface area contributed by atoms with Gasteiger partial charge in [-0.25, -0.2) is 0 Å². The van der Waals surface area contributed by atoms with Crippen LogP contribution in [0.15, 0.2) is 24.4 Å². The third-order valence-corrected chi connectivity index (χ3v) is 2.50. The summed E-state index contributed by atoms with van der Waals surface area (Å²) in [6.45, 7) is 0.573. The molecule has 0 aliphatic heterocycles. The van der Waals surface area contributed by atoms with Gasteiger partial charge in [0.25, 0.3) is 0 Å². The first-order valence-electron chi connectivity index (χ1n) is 4.58. The highest BCUT2D eigenvalue weighted by Crippen LogP contribution is 2.24. The number of hydrogen-bond acceptors (Lipinski definition) is 2. The van der Waals surface area contributed by atoms with Crippen molar-refractivity contribution in [3.63, 3.8) is 0 Å². The summed E-state index contributed by atoms with van der Waals surface area (Å²) in [5.74, 6) is 0.877. The normalized spacial score (nSPS) is 10.8. The Bertz CT molecular complexity index is 460. The number of benzene rings is 1. The van der Waals surface area contributed by atoms with Crippen LogP contribution in [-0.2, 0) is 13.6 Å². The summed E-state index contributed by atoms with van der Waals surface area (Å²) in [4.78, 5) is 0. The van der Waals surface area contributed by atoms with Gasteiger partial charge in [0.05, 0.1) is 12.6 Å². The van der Waals surface area contributed by atoms with E-state index < -0.39 is 0 Å².